The maximum Gasteiger partial charge on any atom is 0.123 e. The van der Waals surface area contributed by atoms with Gasteiger partial charge in [0.15, 0.2) is 0 Å². The topological polar surface area (TPSA) is 49.9 Å². The molecule has 0 fully saturated rings. The normalized spacial score (nSPS) is 12.4. The van der Waals surface area contributed by atoms with Crippen LogP contribution in [0.1, 0.15) is 36.3 Å². The Morgan fingerprint density at radius 3 is 2.84 bits per heavy atom. The minimum atomic E-state index is 0.261. The second-order valence-electron chi connectivity index (χ2n) is 4.62. The standard InChI is InChI=1S/C15H21N3O/c1-4-13(15-16-7-8-17-15)18-10-12-5-6-14(19-3)11(2)9-12/h5-9,13,18H,4,10H2,1-3H3,(H,16,17). The Balaban J connectivity index is 1.99. The van der Waals surface area contributed by atoms with Gasteiger partial charge in [-0.2, -0.15) is 0 Å². The molecule has 0 aliphatic carbocycles. The molecule has 19 heavy (non-hydrogen) atoms. The second kappa shape index (κ2) is 6.38. The third-order valence-corrected chi connectivity index (χ3v) is 3.27. The van der Waals surface area contributed by atoms with Crippen molar-refractivity contribution >= 4 is 0 Å². The molecule has 0 saturated carbocycles. The molecule has 0 radical (unpaired) electrons. The molecule has 1 unspecified atom stereocenters. The van der Waals surface area contributed by atoms with Crippen LogP contribution in [0.2, 0.25) is 0 Å². The molecule has 1 aromatic heterocycles. The summed E-state index contributed by atoms with van der Waals surface area (Å²) in [6.07, 6.45) is 4.65. The van der Waals surface area contributed by atoms with Crippen molar-refractivity contribution in [2.45, 2.75) is 32.9 Å². The van der Waals surface area contributed by atoms with Crippen LogP contribution in [0.3, 0.4) is 0 Å². The summed E-state index contributed by atoms with van der Waals surface area (Å²) in [4.78, 5) is 7.47. The quantitative estimate of drug-likeness (QED) is 0.838. The van der Waals surface area contributed by atoms with E-state index < -0.39 is 0 Å². The lowest BCUT2D eigenvalue weighted by Gasteiger charge is -2.15. The number of nitrogens with zero attached hydrogens (tertiary/aromatic N) is 1. The number of methoxy groups -OCH3 is 1. The molecular weight excluding hydrogens is 238 g/mol. The van der Waals surface area contributed by atoms with Crippen molar-refractivity contribution in [1.29, 1.82) is 0 Å². The number of hydrogen-bond acceptors (Lipinski definition) is 3. The predicted octanol–water partition coefficient (Wildman–Crippen LogP) is 2.97. The van der Waals surface area contributed by atoms with Crippen LogP contribution in [0.5, 0.6) is 5.75 Å². The highest BCUT2D eigenvalue weighted by Crippen LogP contribution is 2.19. The molecule has 0 bridgehead atoms. The maximum absolute atomic E-state index is 5.27. The molecule has 0 aliphatic heterocycles. The van der Waals surface area contributed by atoms with E-state index in [1.165, 1.54) is 5.56 Å². The summed E-state index contributed by atoms with van der Waals surface area (Å²) in [6, 6.07) is 6.52. The highest BCUT2D eigenvalue weighted by atomic mass is 16.5. The third kappa shape index (κ3) is 3.35. The van der Waals surface area contributed by atoms with Gasteiger partial charge in [0, 0.05) is 18.9 Å². The lowest BCUT2D eigenvalue weighted by atomic mass is 10.1. The largest absolute Gasteiger partial charge is 0.496 e. The van der Waals surface area contributed by atoms with E-state index in [1.807, 2.05) is 12.3 Å². The smallest absolute Gasteiger partial charge is 0.123 e. The third-order valence-electron chi connectivity index (χ3n) is 3.27. The van der Waals surface area contributed by atoms with Crippen molar-refractivity contribution < 1.29 is 4.74 Å². The number of aromatic amines is 1. The summed E-state index contributed by atoms with van der Waals surface area (Å²) in [6.45, 7) is 5.04. The van der Waals surface area contributed by atoms with E-state index in [0.29, 0.717) is 0 Å². The van der Waals surface area contributed by atoms with Crippen LogP contribution in [0.25, 0.3) is 0 Å². The van der Waals surface area contributed by atoms with Gasteiger partial charge in [-0.05, 0) is 30.5 Å². The first-order valence-electron chi connectivity index (χ1n) is 6.60. The van der Waals surface area contributed by atoms with Gasteiger partial charge in [-0.3, -0.25) is 0 Å². The van der Waals surface area contributed by atoms with Crippen LogP contribution in [-0.2, 0) is 6.54 Å². The second-order valence-corrected chi connectivity index (χ2v) is 4.62. The van der Waals surface area contributed by atoms with Crippen LogP contribution in [0.15, 0.2) is 30.6 Å². The molecule has 0 saturated heterocycles. The summed E-state index contributed by atoms with van der Waals surface area (Å²) in [5.41, 5.74) is 2.41. The van der Waals surface area contributed by atoms with Gasteiger partial charge in [0.05, 0.1) is 13.2 Å². The summed E-state index contributed by atoms with van der Waals surface area (Å²) < 4.78 is 5.27. The first-order chi connectivity index (χ1) is 9.24. The number of benzene rings is 1. The Morgan fingerprint density at radius 2 is 2.26 bits per heavy atom. The van der Waals surface area contributed by atoms with Gasteiger partial charge in [-0.1, -0.05) is 19.1 Å². The summed E-state index contributed by atoms with van der Waals surface area (Å²) in [5.74, 6) is 1.93. The Kier molecular flexibility index (Phi) is 4.58. The highest BCUT2D eigenvalue weighted by molar-refractivity contribution is 5.36. The number of nitrogens with one attached hydrogen (secondary N) is 2. The number of hydrogen-bond donors (Lipinski definition) is 2. The van der Waals surface area contributed by atoms with E-state index in [4.69, 9.17) is 4.74 Å². The van der Waals surface area contributed by atoms with Crippen LogP contribution in [0, 0.1) is 6.92 Å². The van der Waals surface area contributed by atoms with Gasteiger partial charge < -0.3 is 15.0 Å². The molecule has 0 amide bonds. The molecule has 0 spiro atoms. The molecule has 1 heterocycles. The summed E-state index contributed by atoms with van der Waals surface area (Å²) in [5, 5.41) is 3.52. The van der Waals surface area contributed by atoms with Gasteiger partial charge in [0.25, 0.3) is 0 Å². The SMILES string of the molecule is CCC(NCc1ccc(OC)c(C)c1)c1ncc[nH]1. The van der Waals surface area contributed by atoms with Crippen LogP contribution in [-0.4, -0.2) is 17.1 Å². The van der Waals surface area contributed by atoms with Crippen LogP contribution >= 0.6 is 0 Å². The summed E-state index contributed by atoms with van der Waals surface area (Å²) in [7, 11) is 1.70. The molecule has 4 nitrogen and oxygen atoms in total. The Labute approximate surface area is 114 Å². The lowest BCUT2D eigenvalue weighted by molar-refractivity contribution is 0.411. The Bertz CT molecular complexity index is 508. The Morgan fingerprint density at radius 1 is 1.42 bits per heavy atom. The zero-order valence-corrected chi connectivity index (χ0v) is 11.7. The zero-order chi connectivity index (χ0) is 13.7. The molecule has 2 aromatic rings. The monoisotopic (exact) mass is 259 g/mol. The van der Waals surface area contributed by atoms with Gasteiger partial charge in [0.1, 0.15) is 11.6 Å². The van der Waals surface area contributed by atoms with E-state index >= 15 is 0 Å². The van der Waals surface area contributed by atoms with Crippen molar-refractivity contribution in [2.24, 2.45) is 0 Å². The molecule has 1 aromatic carbocycles. The van der Waals surface area contributed by atoms with E-state index in [0.717, 1.165) is 30.1 Å². The van der Waals surface area contributed by atoms with Gasteiger partial charge >= 0.3 is 0 Å². The van der Waals surface area contributed by atoms with Gasteiger partial charge in [-0.25, -0.2) is 4.98 Å². The highest BCUT2D eigenvalue weighted by Gasteiger charge is 2.10. The van der Waals surface area contributed by atoms with E-state index in [1.54, 1.807) is 13.3 Å². The van der Waals surface area contributed by atoms with Gasteiger partial charge in [-0.15, -0.1) is 0 Å². The van der Waals surface area contributed by atoms with Crippen molar-refractivity contribution in [3.8, 4) is 5.75 Å². The zero-order valence-electron chi connectivity index (χ0n) is 11.7. The average Bonchev–Trinajstić information content (AvgIpc) is 2.94. The molecular formula is C15H21N3O. The maximum atomic E-state index is 5.27. The number of H-pyrrole nitrogens is 1. The van der Waals surface area contributed by atoms with Crippen LogP contribution in [0.4, 0.5) is 0 Å². The fraction of sp³-hybridized carbons (Fsp3) is 0.400. The van der Waals surface area contributed by atoms with Crippen molar-refractivity contribution in [2.75, 3.05) is 7.11 Å². The number of ether oxygens (including phenoxy) is 1. The first-order valence-corrected chi connectivity index (χ1v) is 6.60. The molecule has 0 aliphatic rings. The van der Waals surface area contributed by atoms with Crippen molar-refractivity contribution in [3.63, 3.8) is 0 Å². The molecule has 2 rings (SSSR count). The lowest BCUT2D eigenvalue weighted by Crippen LogP contribution is -2.21. The number of aryl methyl sites for hydroxylation is 1. The van der Waals surface area contributed by atoms with E-state index in [9.17, 15) is 0 Å². The van der Waals surface area contributed by atoms with E-state index in [-0.39, 0.29) is 6.04 Å². The number of imidazole rings is 1. The first kappa shape index (κ1) is 13.6. The Hall–Kier alpha value is -1.81. The molecule has 1 atom stereocenters. The van der Waals surface area contributed by atoms with E-state index in [2.05, 4.69) is 41.3 Å². The van der Waals surface area contributed by atoms with Crippen molar-refractivity contribution in [3.05, 3.63) is 47.5 Å². The fourth-order valence-electron chi connectivity index (χ4n) is 2.19. The minimum absolute atomic E-state index is 0.261. The number of aromatic nitrogens is 2. The van der Waals surface area contributed by atoms with Gasteiger partial charge in [0.2, 0.25) is 0 Å². The predicted molar refractivity (Wildman–Crippen MR) is 76.2 cm³/mol. The average molecular weight is 259 g/mol. The van der Waals surface area contributed by atoms with Crippen LogP contribution < -0.4 is 10.1 Å². The molecule has 102 valence electrons. The van der Waals surface area contributed by atoms with Crippen molar-refractivity contribution in [1.82, 2.24) is 15.3 Å². The molecule has 4 heteroatoms. The fourth-order valence-corrected chi connectivity index (χ4v) is 2.19. The number of rotatable bonds is 6. The molecule has 2 N–H and O–H groups in total. The summed E-state index contributed by atoms with van der Waals surface area (Å²) >= 11 is 0. The minimum Gasteiger partial charge on any atom is -0.496 e.